The number of carbonyl (C=O) groups excluding carboxylic acids is 2. The Morgan fingerprint density at radius 1 is 1.12 bits per heavy atom. The van der Waals surface area contributed by atoms with Gasteiger partial charge in [0.25, 0.3) is 0 Å². The van der Waals surface area contributed by atoms with Gasteiger partial charge < -0.3 is 10.2 Å². The molecule has 0 saturated carbocycles. The van der Waals surface area contributed by atoms with Crippen LogP contribution in [0.25, 0.3) is 0 Å². The first-order valence-electron chi connectivity index (χ1n) is 8.01. The van der Waals surface area contributed by atoms with Crippen LogP contribution >= 0.6 is 0 Å². The van der Waals surface area contributed by atoms with E-state index in [1.165, 1.54) is 12.1 Å². The van der Waals surface area contributed by atoms with Crippen LogP contribution in [0.5, 0.6) is 0 Å². The van der Waals surface area contributed by atoms with Crippen molar-refractivity contribution in [1.82, 2.24) is 5.32 Å². The maximum Gasteiger partial charge on any atom is 0.227 e. The highest BCUT2D eigenvalue weighted by molar-refractivity contribution is 6.00. The van der Waals surface area contributed by atoms with Crippen molar-refractivity contribution in [3.05, 3.63) is 66.0 Å². The minimum absolute atomic E-state index is 0.0279. The Hall–Kier alpha value is -2.69. The molecule has 1 atom stereocenters. The number of amides is 2. The fourth-order valence-corrected chi connectivity index (χ4v) is 2.87. The lowest BCUT2D eigenvalue weighted by atomic mass is 10.1. The van der Waals surface area contributed by atoms with E-state index in [4.69, 9.17) is 0 Å². The highest BCUT2D eigenvalue weighted by atomic mass is 19.1. The van der Waals surface area contributed by atoms with Crippen LogP contribution in [-0.4, -0.2) is 24.9 Å². The molecular weight excluding hydrogens is 307 g/mol. The van der Waals surface area contributed by atoms with Crippen LogP contribution in [0.3, 0.4) is 0 Å². The normalized spacial score (nSPS) is 17.1. The summed E-state index contributed by atoms with van der Waals surface area (Å²) in [6, 6.07) is 15.6. The molecule has 4 nitrogen and oxygen atoms in total. The Kier molecular flexibility index (Phi) is 4.89. The van der Waals surface area contributed by atoms with Gasteiger partial charge in [0, 0.05) is 25.2 Å². The summed E-state index contributed by atoms with van der Waals surface area (Å²) < 4.78 is 12.8. The van der Waals surface area contributed by atoms with Crippen LogP contribution in [0.2, 0.25) is 0 Å². The van der Waals surface area contributed by atoms with E-state index in [0.717, 1.165) is 11.3 Å². The summed E-state index contributed by atoms with van der Waals surface area (Å²) in [5.41, 5.74) is 1.79. The predicted octanol–water partition coefficient (Wildman–Crippen LogP) is 2.54. The Morgan fingerprint density at radius 3 is 2.54 bits per heavy atom. The van der Waals surface area contributed by atoms with Crippen molar-refractivity contribution in [2.45, 2.75) is 12.8 Å². The molecule has 0 radical (unpaired) electrons. The van der Waals surface area contributed by atoms with E-state index >= 15 is 0 Å². The van der Waals surface area contributed by atoms with Crippen molar-refractivity contribution in [1.29, 1.82) is 0 Å². The van der Waals surface area contributed by atoms with E-state index in [9.17, 15) is 14.0 Å². The Labute approximate surface area is 140 Å². The van der Waals surface area contributed by atoms with Gasteiger partial charge in [-0.2, -0.15) is 0 Å². The number of anilines is 1. The van der Waals surface area contributed by atoms with Crippen molar-refractivity contribution >= 4 is 17.5 Å². The van der Waals surface area contributed by atoms with E-state index < -0.39 is 0 Å². The first kappa shape index (κ1) is 16.2. The van der Waals surface area contributed by atoms with Gasteiger partial charge in [0.15, 0.2) is 0 Å². The summed E-state index contributed by atoms with van der Waals surface area (Å²) in [7, 11) is 0. The summed E-state index contributed by atoms with van der Waals surface area (Å²) in [5.74, 6) is -0.733. The third-order valence-corrected chi connectivity index (χ3v) is 4.19. The highest BCUT2D eigenvalue weighted by Crippen LogP contribution is 2.24. The van der Waals surface area contributed by atoms with Gasteiger partial charge in [-0.15, -0.1) is 0 Å². The quantitative estimate of drug-likeness (QED) is 0.918. The van der Waals surface area contributed by atoms with Crippen LogP contribution in [0.4, 0.5) is 10.1 Å². The fourth-order valence-electron chi connectivity index (χ4n) is 2.87. The van der Waals surface area contributed by atoms with E-state index in [1.807, 2.05) is 30.3 Å². The average Bonchev–Trinajstić information content (AvgIpc) is 2.99. The first-order valence-corrected chi connectivity index (χ1v) is 8.01. The van der Waals surface area contributed by atoms with Crippen LogP contribution < -0.4 is 10.2 Å². The first-order chi connectivity index (χ1) is 11.6. The summed E-state index contributed by atoms with van der Waals surface area (Å²) >= 11 is 0. The van der Waals surface area contributed by atoms with E-state index in [-0.39, 0.29) is 30.0 Å². The molecule has 1 heterocycles. The molecule has 5 heteroatoms. The SMILES string of the molecule is O=C(NCCc1ccc(F)cc1)[C@@H]1CC(=O)N(c2ccccc2)C1. The van der Waals surface area contributed by atoms with Gasteiger partial charge >= 0.3 is 0 Å². The lowest BCUT2D eigenvalue weighted by molar-refractivity contribution is -0.126. The van der Waals surface area contributed by atoms with Gasteiger partial charge in [-0.1, -0.05) is 30.3 Å². The number of para-hydroxylation sites is 1. The largest absolute Gasteiger partial charge is 0.355 e. The van der Waals surface area contributed by atoms with Crippen LogP contribution in [0, 0.1) is 11.7 Å². The van der Waals surface area contributed by atoms with Crippen molar-refractivity contribution in [3.63, 3.8) is 0 Å². The molecule has 1 aliphatic rings. The number of nitrogens with zero attached hydrogens (tertiary/aromatic N) is 1. The molecule has 3 rings (SSSR count). The second-order valence-corrected chi connectivity index (χ2v) is 5.91. The molecule has 0 unspecified atom stereocenters. The minimum atomic E-state index is -0.328. The molecule has 2 aromatic carbocycles. The molecule has 1 fully saturated rings. The van der Waals surface area contributed by atoms with Crippen LogP contribution in [-0.2, 0) is 16.0 Å². The molecule has 2 aromatic rings. The third kappa shape index (κ3) is 3.79. The molecule has 0 bridgehead atoms. The van der Waals surface area contributed by atoms with Crippen molar-refractivity contribution in [2.75, 3.05) is 18.0 Å². The van der Waals surface area contributed by atoms with Crippen molar-refractivity contribution in [2.24, 2.45) is 5.92 Å². The molecule has 0 aromatic heterocycles. The molecule has 2 amide bonds. The van der Waals surface area contributed by atoms with Gasteiger partial charge in [0.05, 0.1) is 5.92 Å². The number of carbonyl (C=O) groups is 2. The summed E-state index contributed by atoms with van der Waals surface area (Å²) in [5, 5.41) is 2.87. The van der Waals surface area contributed by atoms with Crippen molar-refractivity contribution in [3.8, 4) is 0 Å². The minimum Gasteiger partial charge on any atom is -0.355 e. The summed E-state index contributed by atoms with van der Waals surface area (Å²) in [4.78, 5) is 26.0. The lowest BCUT2D eigenvalue weighted by Gasteiger charge is -2.16. The van der Waals surface area contributed by atoms with Gasteiger partial charge in [0.2, 0.25) is 11.8 Å². The maximum absolute atomic E-state index is 12.8. The molecule has 1 saturated heterocycles. The number of hydrogen-bond donors (Lipinski definition) is 1. The summed E-state index contributed by atoms with van der Waals surface area (Å²) in [6.07, 6.45) is 0.867. The average molecular weight is 326 g/mol. The van der Waals surface area contributed by atoms with Gasteiger partial charge in [-0.3, -0.25) is 9.59 Å². The number of benzene rings is 2. The zero-order chi connectivity index (χ0) is 16.9. The zero-order valence-corrected chi connectivity index (χ0v) is 13.2. The number of hydrogen-bond acceptors (Lipinski definition) is 2. The van der Waals surface area contributed by atoms with Crippen LogP contribution in [0.15, 0.2) is 54.6 Å². The number of halogens is 1. The van der Waals surface area contributed by atoms with Crippen molar-refractivity contribution < 1.29 is 14.0 Å². The number of rotatable bonds is 5. The Morgan fingerprint density at radius 2 is 1.83 bits per heavy atom. The maximum atomic E-state index is 12.8. The molecule has 24 heavy (non-hydrogen) atoms. The topological polar surface area (TPSA) is 49.4 Å². The van der Waals surface area contributed by atoms with Gasteiger partial charge in [-0.25, -0.2) is 4.39 Å². The monoisotopic (exact) mass is 326 g/mol. The molecule has 0 spiro atoms. The fraction of sp³-hybridized carbons (Fsp3) is 0.263. The molecule has 1 aliphatic heterocycles. The van der Waals surface area contributed by atoms with Gasteiger partial charge in [-0.05, 0) is 36.2 Å². The zero-order valence-electron chi connectivity index (χ0n) is 13.2. The van der Waals surface area contributed by atoms with E-state index in [1.54, 1.807) is 17.0 Å². The van der Waals surface area contributed by atoms with Gasteiger partial charge in [0.1, 0.15) is 5.82 Å². The molecule has 1 N–H and O–H groups in total. The second-order valence-electron chi connectivity index (χ2n) is 5.91. The Bertz CT molecular complexity index is 716. The summed E-state index contributed by atoms with van der Waals surface area (Å²) in [6.45, 7) is 0.881. The highest BCUT2D eigenvalue weighted by Gasteiger charge is 2.34. The van der Waals surface area contributed by atoms with Crippen LogP contribution in [0.1, 0.15) is 12.0 Å². The Balaban J connectivity index is 1.51. The smallest absolute Gasteiger partial charge is 0.227 e. The molecule has 124 valence electrons. The number of nitrogens with one attached hydrogen (secondary N) is 1. The molecule has 0 aliphatic carbocycles. The standard InChI is InChI=1S/C19H19FN2O2/c20-16-8-6-14(7-9-16)10-11-21-19(24)15-12-18(23)22(13-15)17-4-2-1-3-5-17/h1-9,15H,10-13H2,(H,21,24)/t15-/m1/s1. The van der Waals surface area contributed by atoms with E-state index in [0.29, 0.717) is 19.5 Å². The lowest BCUT2D eigenvalue weighted by Crippen LogP contribution is -2.34. The van der Waals surface area contributed by atoms with E-state index in [2.05, 4.69) is 5.32 Å². The second kappa shape index (κ2) is 7.25. The predicted molar refractivity (Wildman–Crippen MR) is 90.0 cm³/mol. The third-order valence-electron chi connectivity index (χ3n) is 4.19. The molecular formula is C19H19FN2O2.